The number of benzene rings is 1. The van der Waals surface area contributed by atoms with Gasteiger partial charge in [-0.15, -0.1) is 5.10 Å². The van der Waals surface area contributed by atoms with Crippen LogP contribution in [-0.2, 0) is 12.3 Å². The Balaban J connectivity index is 1.97. The molecule has 5 nitrogen and oxygen atoms in total. The number of nitrogens with one attached hydrogen (secondary N) is 1. The minimum Gasteiger partial charge on any atom is -0.315 e. The van der Waals surface area contributed by atoms with Crippen LogP contribution in [0.15, 0.2) is 27.8 Å². The van der Waals surface area contributed by atoms with Gasteiger partial charge < -0.3 is 5.32 Å². The molecule has 8 heteroatoms. The van der Waals surface area contributed by atoms with E-state index in [9.17, 15) is 4.39 Å². The molecule has 0 fully saturated rings. The molecule has 0 aliphatic carbocycles. The maximum atomic E-state index is 13.4. The van der Waals surface area contributed by atoms with Crippen molar-refractivity contribution in [1.29, 1.82) is 0 Å². The van der Waals surface area contributed by atoms with Gasteiger partial charge in [-0.05, 0) is 44.5 Å². The van der Waals surface area contributed by atoms with Crippen molar-refractivity contribution in [2.24, 2.45) is 0 Å². The molecule has 0 amide bonds. The van der Waals surface area contributed by atoms with E-state index in [1.807, 2.05) is 6.07 Å². The molecule has 2 rings (SSSR count). The number of likely N-dealkylation sites (N-methyl/N-ethyl adjacent to an activating group) is 1. The number of thioether (sulfide) groups is 1. The van der Waals surface area contributed by atoms with Gasteiger partial charge in [0.05, 0.1) is 11.0 Å². The van der Waals surface area contributed by atoms with E-state index in [1.54, 1.807) is 10.7 Å². The Hall–Kier alpha value is -0.990. The quantitative estimate of drug-likeness (QED) is 0.607. The highest BCUT2D eigenvalue weighted by Crippen LogP contribution is 2.27. The maximum Gasteiger partial charge on any atom is 0.209 e. The second-order valence-electron chi connectivity index (χ2n) is 4.04. The largest absolute Gasteiger partial charge is 0.315 e. The summed E-state index contributed by atoms with van der Waals surface area (Å²) in [6.45, 7) is 4.50. The average molecular weight is 360 g/mol. The minimum absolute atomic E-state index is 0.255. The summed E-state index contributed by atoms with van der Waals surface area (Å²) in [4.78, 5) is 0. The molecule has 0 saturated heterocycles. The highest BCUT2D eigenvalue weighted by molar-refractivity contribution is 9.10. The van der Waals surface area contributed by atoms with Gasteiger partial charge in [-0.2, -0.15) is 0 Å². The van der Waals surface area contributed by atoms with Crippen molar-refractivity contribution >= 4 is 27.7 Å². The Kier molecular flexibility index (Phi) is 5.93. The standard InChI is InChI=1S/C12H15BrFN5S/c1-2-15-6-7-19-12(16-17-18-19)20-8-9-4-3-5-10(14)11(9)13/h3-5,15H,2,6-8H2,1H3. The van der Waals surface area contributed by atoms with E-state index < -0.39 is 0 Å². The Morgan fingerprint density at radius 3 is 3.10 bits per heavy atom. The molecule has 0 aliphatic rings. The van der Waals surface area contributed by atoms with Crippen LogP contribution in [0.3, 0.4) is 0 Å². The normalized spacial score (nSPS) is 10.9. The summed E-state index contributed by atoms with van der Waals surface area (Å²) in [6, 6.07) is 5.01. The monoisotopic (exact) mass is 359 g/mol. The minimum atomic E-state index is -0.255. The molecule has 0 radical (unpaired) electrons. The van der Waals surface area contributed by atoms with Crippen molar-refractivity contribution in [3.05, 3.63) is 34.1 Å². The zero-order valence-corrected chi connectivity index (χ0v) is 13.4. The Morgan fingerprint density at radius 1 is 1.45 bits per heavy atom. The fourth-order valence-corrected chi connectivity index (χ4v) is 3.09. The number of nitrogens with zero attached hydrogens (tertiary/aromatic N) is 4. The first-order chi connectivity index (χ1) is 9.72. The van der Waals surface area contributed by atoms with Crippen LogP contribution in [0, 0.1) is 5.82 Å². The van der Waals surface area contributed by atoms with Crippen LogP contribution < -0.4 is 5.32 Å². The Labute approximate surface area is 129 Å². The summed E-state index contributed by atoms with van der Waals surface area (Å²) >= 11 is 4.75. The van der Waals surface area contributed by atoms with Gasteiger partial charge in [0.1, 0.15) is 5.82 Å². The lowest BCUT2D eigenvalue weighted by atomic mass is 10.2. The highest BCUT2D eigenvalue weighted by atomic mass is 79.9. The molecule has 0 aliphatic heterocycles. The van der Waals surface area contributed by atoms with E-state index in [0.717, 1.165) is 23.8 Å². The number of hydrogen-bond acceptors (Lipinski definition) is 5. The maximum absolute atomic E-state index is 13.4. The molecule has 1 heterocycles. The zero-order valence-electron chi connectivity index (χ0n) is 11.0. The van der Waals surface area contributed by atoms with Gasteiger partial charge in [0.15, 0.2) is 0 Å². The molecular weight excluding hydrogens is 345 g/mol. The summed E-state index contributed by atoms with van der Waals surface area (Å²) in [5.74, 6) is 0.356. The molecule has 1 aromatic carbocycles. The molecule has 1 N–H and O–H groups in total. The molecule has 20 heavy (non-hydrogen) atoms. The Morgan fingerprint density at radius 2 is 2.30 bits per heavy atom. The fourth-order valence-electron chi connectivity index (χ4n) is 1.60. The lowest BCUT2D eigenvalue weighted by Gasteiger charge is -2.06. The Bertz CT molecular complexity index is 563. The summed E-state index contributed by atoms with van der Waals surface area (Å²) in [6.07, 6.45) is 0. The van der Waals surface area contributed by atoms with Gasteiger partial charge in [-0.25, -0.2) is 9.07 Å². The van der Waals surface area contributed by atoms with Crippen LogP contribution >= 0.6 is 27.7 Å². The van der Waals surface area contributed by atoms with E-state index in [4.69, 9.17) is 0 Å². The van der Waals surface area contributed by atoms with Gasteiger partial charge in [0.25, 0.3) is 0 Å². The first kappa shape index (κ1) is 15.4. The van der Waals surface area contributed by atoms with Gasteiger partial charge in [-0.1, -0.05) is 30.8 Å². The van der Waals surface area contributed by atoms with E-state index in [1.165, 1.54) is 17.8 Å². The van der Waals surface area contributed by atoms with Crippen molar-refractivity contribution in [1.82, 2.24) is 25.5 Å². The second-order valence-corrected chi connectivity index (χ2v) is 5.78. The molecule has 0 saturated carbocycles. The van der Waals surface area contributed by atoms with Crippen molar-refractivity contribution < 1.29 is 4.39 Å². The van der Waals surface area contributed by atoms with Crippen LogP contribution in [0.5, 0.6) is 0 Å². The van der Waals surface area contributed by atoms with Gasteiger partial charge >= 0.3 is 0 Å². The van der Waals surface area contributed by atoms with E-state index in [2.05, 4.69) is 43.7 Å². The van der Waals surface area contributed by atoms with Crippen molar-refractivity contribution in [3.63, 3.8) is 0 Å². The number of rotatable bonds is 7. The molecule has 2 aromatic rings. The SMILES string of the molecule is CCNCCn1nnnc1SCc1cccc(F)c1Br. The van der Waals surface area contributed by atoms with E-state index >= 15 is 0 Å². The van der Waals surface area contributed by atoms with Gasteiger partial charge in [0.2, 0.25) is 5.16 Å². The van der Waals surface area contributed by atoms with Crippen molar-refractivity contribution in [2.45, 2.75) is 24.4 Å². The third-order valence-electron chi connectivity index (χ3n) is 2.64. The van der Waals surface area contributed by atoms with Crippen LogP contribution in [0.1, 0.15) is 12.5 Å². The molecule has 1 aromatic heterocycles. The number of tetrazole rings is 1. The predicted octanol–water partition coefficient (Wildman–Crippen LogP) is 2.48. The van der Waals surface area contributed by atoms with Crippen molar-refractivity contribution in [3.8, 4) is 0 Å². The number of aromatic nitrogens is 4. The lowest BCUT2D eigenvalue weighted by molar-refractivity contribution is 0.517. The topological polar surface area (TPSA) is 55.6 Å². The molecule has 0 spiro atoms. The van der Waals surface area contributed by atoms with Crippen LogP contribution in [0.4, 0.5) is 4.39 Å². The molecular formula is C12H15BrFN5S. The van der Waals surface area contributed by atoms with E-state index in [-0.39, 0.29) is 5.82 Å². The third-order valence-corrected chi connectivity index (χ3v) is 4.53. The third kappa shape index (κ3) is 4.00. The number of hydrogen-bond donors (Lipinski definition) is 1. The first-order valence-electron chi connectivity index (χ1n) is 6.25. The zero-order chi connectivity index (χ0) is 14.4. The fraction of sp³-hybridized carbons (Fsp3) is 0.417. The predicted molar refractivity (Wildman–Crippen MR) is 80.0 cm³/mol. The average Bonchev–Trinajstić information content (AvgIpc) is 2.88. The second kappa shape index (κ2) is 7.70. The molecule has 108 valence electrons. The number of halogens is 2. The molecule has 0 unspecified atom stereocenters. The smallest absolute Gasteiger partial charge is 0.209 e. The molecule has 0 bridgehead atoms. The van der Waals surface area contributed by atoms with E-state index in [0.29, 0.717) is 16.8 Å². The molecule has 0 atom stereocenters. The summed E-state index contributed by atoms with van der Waals surface area (Å²) in [5, 5.41) is 15.6. The van der Waals surface area contributed by atoms with Crippen molar-refractivity contribution in [2.75, 3.05) is 13.1 Å². The lowest BCUT2D eigenvalue weighted by Crippen LogP contribution is -2.20. The summed E-state index contributed by atoms with van der Waals surface area (Å²) in [5.41, 5.74) is 0.885. The van der Waals surface area contributed by atoms with Crippen LogP contribution in [0.2, 0.25) is 0 Å². The van der Waals surface area contributed by atoms with Gasteiger partial charge in [-0.3, -0.25) is 0 Å². The summed E-state index contributed by atoms with van der Waals surface area (Å²) in [7, 11) is 0. The first-order valence-corrected chi connectivity index (χ1v) is 8.02. The van der Waals surface area contributed by atoms with Crippen LogP contribution in [-0.4, -0.2) is 33.3 Å². The van der Waals surface area contributed by atoms with Gasteiger partial charge in [0, 0.05) is 12.3 Å². The summed E-state index contributed by atoms with van der Waals surface area (Å²) < 4.78 is 15.7. The van der Waals surface area contributed by atoms with Crippen LogP contribution in [0.25, 0.3) is 0 Å². The highest BCUT2D eigenvalue weighted by Gasteiger charge is 2.10.